The molecule has 4 atom stereocenters. The Morgan fingerprint density at radius 2 is 1.97 bits per heavy atom. The highest BCUT2D eigenvalue weighted by molar-refractivity contribution is 7.18. The molecule has 3 heterocycles. The van der Waals surface area contributed by atoms with Crippen LogP contribution in [0.1, 0.15) is 42.8 Å². The molecule has 1 aliphatic heterocycles. The zero-order valence-electron chi connectivity index (χ0n) is 19.9. The van der Waals surface area contributed by atoms with Crippen molar-refractivity contribution in [2.45, 2.75) is 63.4 Å². The van der Waals surface area contributed by atoms with E-state index in [1.807, 2.05) is 6.07 Å². The van der Waals surface area contributed by atoms with Crippen LogP contribution in [0.4, 0.5) is 10.2 Å². The Labute approximate surface area is 203 Å². The Morgan fingerprint density at radius 1 is 1.26 bits per heavy atom. The maximum atomic E-state index is 15.8. The standard InChI is InChI=1S/C24H30FN3O4SSi/c1-24(2,3)34(4,5)32-20-16(11-29)31-19(17(20)25)15-12-33-21-18(15)26-13-27-22(21)28-23(30)14-9-7-6-8-10-14/h6-10,12-13,16-17,19-20,29H,11H2,1-5H3,(H,26,27,28,30)/t16-,17+,19+,20-/m1/s1. The highest BCUT2D eigenvalue weighted by Gasteiger charge is 2.51. The van der Waals surface area contributed by atoms with Crippen LogP contribution in [-0.4, -0.2) is 54.3 Å². The molecule has 0 radical (unpaired) electrons. The van der Waals surface area contributed by atoms with E-state index in [4.69, 9.17) is 9.16 Å². The molecule has 1 aromatic carbocycles. The van der Waals surface area contributed by atoms with Crippen molar-refractivity contribution < 1.29 is 23.5 Å². The van der Waals surface area contributed by atoms with Crippen LogP contribution in [0.5, 0.6) is 0 Å². The van der Waals surface area contributed by atoms with E-state index in [0.717, 1.165) is 0 Å². The van der Waals surface area contributed by atoms with Crippen LogP contribution in [0.25, 0.3) is 10.2 Å². The normalized spacial score (nSPS) is 23.4. The van der Waals surface area contributed by atoms with Crippen molar-refractivity contribution in [2.75, 3.05) is 11.9 Å². The van der Waals surface area contributed by atoms with Crippen molar-refractivity contribution in [1.29, 1.82) is 0 Å². The van der Waals surface area contributed by atoms with Gasteiger partial charge in [-0.15, -0.1) is 11.3 Å². The minimum absolute atomic E-state index is 0.112. The number of rotatable bonds is 6. The summed E-state index contributed by atoms with van der Waals surface area (Å²) in [6.45, 7) is 10.0. The van der Waals surface area contributed by atoms with E-state index in [9.17, 15) is 9.90 Å². The molecule has 0 unspecified atom stereocenters. The first-order chi connectivity index (χ1) is 16.0. The van der Waals surface area contributed by atoms with Gasteiger partial charge in [-0.25, -0.2) is 14.4 Å². The van der Waals surface area contributed by atoms with Gasteiger partial charge in [0, 0.05) is 11.1 Å². The summed E-state index contributed by atoms with van der Waals surface area (Å²) in [6, 6.07) is 8.83. The fourth-order valence-corrected chi connectivity index (χ4v) is 6.00. The summed E-state index contributed by atoms with van der Waals surface area (Å²) in [6.07, 6.45) is -2.71. The fraction of sp³-hybridized carbons (Fsp3) is 0.458. The number of fused-ring (bicyclic) bond motifs is 1. The third kappa shape index (κ3) is 4.65. The summed E-state index contributed by atoms with van der Waals surface area (Å²) in [4.78, 5) is 21.2. The molecule has 1 fully saturated rings. The molecular formula is C24H30FN3O4SSi. The van der Waals surface area contributed by atoms with Crippen molar-refractivity contribution in [2.24, 2.45) is 0 Å². The molecule has 1 saturated heterocycles. The van der Waals surface area contributed by atoms with Gasteiger partial charge in [0.2, 0.25) is 0 Å². The summed E-state index contributed by atoms with van der Waals surface area (Å²) >= 11 is 1.31. The predicted molar refractivity (Wildman–Crippen MR) is 133 cm³/mol. The first-order valence-electron chi connectivity index (χ1n) is 11.2. The molecule has 34 heavy (non-hydrogen) atoms. The van der Waals surface area contributed by atoms with Crippen molar-refractivity contribution in [3.63, 3.8) is 0 Å². The van der Waals surface area contributed by atoms with Gasteiger partial charge in [0.25, 0.3) is 5.91 Å². The van der Waals surface area contributed by atoms with E-state index in [2.05, 4.69) is 49.1 Å². The number of carbonyl (C=O) groups is 1. The molecule has 1 amide bonds. The Hall–Kier alpha value is -2.24. The van der Waals surface area contributed by atoms with Crippen molar-refractivity contribution in [3.8, 4) is 0 Å². The lowest BCUT2D eigenvalue weighted by Crippen LogP contribution is -2.48. The Kier molecular flexibility index (Phi) is 6.89. The maximum Gasteiger partial charge on any atom is 0.256 e. The van der Waals surface area contributed by atoms with E-state index in [0.29, 0.717) is 27.2 Å². The van der Waals surface area contributed by atoms with Gasteiger partial charge in [-0.1, -0.05) is 39.0 Å². The minimum atomic E-state index is -2.30. The molecule has 2 aromatic heterocycles. The molecule has 7 nitrogen and oxygen atoms in total. The number of benzene rings is 1. The molecule has 0 bridgehead atoms. The van der Waals surface area contributed by atoms with Crippen LogP contribution in [-0.2, 0) is 9.16 Å². The molecule has 0 saturated carbocycles. The van der Waals surface area contributed by atoms with Gasteiger partial charge in [0.05, 0.1) is 16.8 Å². The van der Waals surface area contributed by atoms with Gasteiger partial charge >= 0.3 is 0 Å². The molecule has 4 rings (SSSR count). The van der Waals surface area contributed by atoms with Crippen molar-refractivity contribution >= 4 is 41.6 Å². The minimum Gasteiger partial charge on any atom is -0.408 e. The Morgan fingerprint density at radius 3 is 2.62 bits per heavy atom. The lowest BCUT2D eigenvalue weighted by atomic mass is 10.0. The second-order valence-corrected chi connectivity index (χ2v) is 15.6. The molecule has 10 heteroatoms. The molecular weight excluding hydrogens is 473 g/mol. The molecule has 0 aliphatic carbocycles. The van der Waals surface area contributed by atoms with E-state index >= 15 is 4.39 Å². The number of halogens is 1. The van der Waals surface area contributed by atoms with Gasteiger partial charge in [0.1, 0.15) is 24.6 Å². The largest absolute Gasteiger partial charge is 0.408 e. The number of aliphatic hydroxyl groups excluding tert-OH is 1. The molecule has 2 N–H and O–H groups in total. The average molecular weight is 504 g/mol. The van der Waals surface area contributed by atoms with E-state index in [1.165, 1.54) is 17.7 Å². The lowest BCUT2D eigenvalue weighted by molar-refractivity contribution is -0.0193. The number of hydrogen-bond acceptors (Lipinski definition) is 7. The summed E-state index contributed by atoms with van der Waals surface area (Å²) in [5.74, 6) is 0.0653. The number of aliphatic hydroxyl groups is 1. The maximum absolute atomic E-state index is 15.8. The highest BCUT2D eigenvalue weighted by Crippen LogP contribution is 2.45. The first kappa shape index (κ1) is 24.9. The van der Waals surface area contributed by atoms with Crippen LogP contribution in [0.2, 0.25) is 18.1 Å². The highest BCUT2D eigenvalue weighted by atomic mass is 32.1. The first-order valence-corrected chi connectivity index (χ1v) is 15.0. The lowest BCUT2D eigenvalue weighted by Gasteiger charge is -2.39. The van der Waals surface area contributed by atoms with Gasteiger partial charge in [0.15, 0.2) is 20.3 Å². The quantitative estimate of drug-likeness (QED) is 0.455. The summed E-state index contributed by atoms with van der Waals surface area (Å²) in [7, 11) is -2.30. The summed E-state index contributed by atoms with van der Waals surface area (Å²) in [5.41, 5.74) is 1.58. The summed E-state index contributed by atoms with van der Waals surface area (Å²) in [5, 5.41) is 14.4. The van der Waals surface area contributed by atoms with Gasteiger partial charge in [-0.05, 0) is 35.6 Å². The van der Waals surface area contributed by atoms with Crippen LogP contribution in [0, 0.1) is 0 Å². The number of thiophene rings is 1. The predicted octanol–water partition coefficient (Wildman–Crippen LogP) is 5.10. The number of anilines is 1. The zero-order chi connectivity index (χ0) is 24.7. The van der Waals surface area contributed by atoms with Gasteiger partial charge < -0.3 is 19.6 Å². The number of nitrogens with zero attached hydrogens (tertiary/aromatic N) is 2. The third-order valence-electron chi connectivity index (χ3n) is 6.66. The van der Waals surface area contributed by atoms with Crippen LogP contribution in [0.3, 0.4) is 0 Å². The van der Waals surface area contributed by atoms with Gasteiger partial charge in [-0.3, -0.25) is 4.79 Å². The topological polar surface area (TPSA) is 93.6 Å². The van der Waals surface area contributed by atoms with Crippen molar-refractivity contribution in [3.05, 3.63) is 53.2 Å². The molecule has 0 spiro atoms. The van der Waals surface area contributed by atoms with Crippen LogP contribution in [0.15, 0.2) is 42.0 Å². The van der Waals surface area contributed by atoms with Crippen LogP contribution >= 0.6 is 11.3 Å². The number of nitrogens with one attached hydrogen (secondary N) is 1. The van der Waals surface area contributed by atoms with E-state index in [-0.39, 0.29) is 17.6 Å². The van der Waals surface area contributed by atoms with E-state index in [1.54, 1.807) is 29.6 Å². The number of carbonyl (C=O) groups excluding carboxylic acids is 1. The molecule has 1 aliphatic rings. The molecule has 182 valence electrons. The third-order valence-corrected chi connectivity index (χ3v) is 12.1. The average Bonchev–Trinajstić information content (AvgIpc) is 3.35. The SMILES string of the molecule is CC(C)(C)[Si](C)(C)O[C@H]1[C@@H](F)[C@H](c2csc3c(NC(=O)c4ccccc4)ncnc23)O[C@@H]1CO. The number of ether oxygens (including phenoxy) is 1. The van der Waals surface area contributed by atoms with Crippen LogP contribution < -0.4 is 5.32 Å². The Balaban J connectivity index is 1.61. The summed E-state index contributed by atoms with van der Waals surface area (Å²) < 4.78 is 28.7. The number of amides is 1. The molecule has 3 aromatic rings. The fourth-order valence-electron chi connectivity index (χ4n) is 3.70. The number of hydrogen-bond donors (Lipinski definition) is 2. The second-order valence-electron chi connectivity index (χ2n) is 9.98. The zero-order valence-corrected chi connectivity index (χ0v) is 21.7. The van der Waals surface area contributed by atoms with E-state index < -0.39 is 32.8 Å². The van der Waals surface area contributed by atoms with Gasteiger partial charge in [-0.2, -0.15) is 0 Å². The van der Waals surface area contributed by atoms with Crippen molar-refractivity contribution in [1.82, 2.24) is 9.97 Å². The second kappa shape index (κ2) is 9.42. The monoisotopic (exact) mass is 503 g/mol. The number of alkyl halides is 1. The number of aromatic nitrogens is 2. The Bertz CT molecular complexity index is 1170. The smallest absolute Gasteiger partial charge is 0.256 e.